The molecule has 0 aromatic carbocycles. The van der Waals surface area contributed by atoms with Crippen LogP contribution in [0.25, 0.3) is 0 Å². The number of nitrogens with zero attached hydrogens (tertiary/aromatic N) is 2. The number of amides is 3. The number of nitrogens with one attached hydrogen (secondary N) is 1. The molecule has 2 aliphatic heterocycles. The maximum atomic E-state index is 13.2. The van der Waals surface area contributed by atoms with Crippen molar-refractivity contribution < 1.29 is 28.3 Å². The van der Waals surface area contributed by atoms with Gasteiger partial charge >= 0.3 is 5.97 Å². The Morgan fingerprint density at radius 1 is 1.34 bits per heavy atom. The minimum Gasteiger partial charge on any atom is -0.457 e. The van der Waals surface area contributed by atoms with Gasteiger partial charge in [-0.05, 0) is 32.1 Å². The summed E-state index contributed by atoms with van der Waals surface area (Å²) in [6.45, 7) is 16.2. The lowest BCUT2D eigenvalue weighted by atomic mass is 9.92. The van der Waals surface area contributed by atoms with Crippen LogP contribution in [0, 0.1) is 5.92 Å². The van der Waals surface area contributed by atoms with Gasteiger partial charge in [0, 0.05) is 11.4 Å². The topological polar surface area (TPSA) is 131 Å². The zero-order chi connectivity index (χ0) is 26.7. The van der Waals surface area contributed by atoms with E-state index in [1.165, 1.54) is 22.7 Å². The van der Waals surface area contributed by atoms with Crippen molar-refractivity contribution in [2.45, 2.75) is 57.3 Å². The van der Waals surface area contributed by atoms with Crippen LogP contribution in [0.3, 0.4) is 0 Å². The van der Waals surface area contributed by atoms with E-state index < -0.39 is 26.1 Å². The van der Waals surface area contributed by atoms with Crippen LogP contribution in [0.2, 0.25) is 18.1 Å². The Balaban J connectivity index is 2.18. The fourth-order valence-electron chi connectivity index (χ4n) is 3.65. The normalized spacial score (nSPS) is 20.9. The maximum Gasteiger partial charge on any atom is 0.356 e. The van der Waals surface area contributed by atoms with Gasteiger partial charge in [0.2, 0.25) is 17.7 Å². The summed E-state index contributed by atoms with van der Waals surface area (Å²) in [5.74, 6) is -2.18. The van der Waals surface area contributed by atoms with Crippen LogP contribution in [0.4, 0.5) is 0 Å². The van der Waals surface area contributed by atoms with Crippen LogP contribution in [-0.2, 0) is 28.3 Å². The molecule has 0 aromatic rings. The van der Waals surface area contributed by atoms with Crippen molar-refractivity contribution in [3.05, 3.63) is 23.3 Å². The summed E-state index contributed by atoms with van der Waals surface area (Å²) in [7, 11) is -0.392. The molecule has 0 unspecified atom stereocenters. The van der Waals surface area contributed by atoms with E-state index in [1.807, 2.05) is 6.92 Å². The van der Waals surface area contributed by atoms with E-state index >= 15 is 0 Å². The Morgan fingerprint density at radius 2 is 1.97 bits per heavy atom. The van der Waals surface area contributed by atoms with Crippen LogP contribution in [0.1, 0.15) is 27.7 Å². The number of likely N-dealkylation sites (N-methyl/N-ethyl adjacent to an activating group) is 1. The highest BCUT2D eigenvalue weighted by atomic mass is 32.2. The highest BCUT2D eigenvalue weighted by Crippen LogP contribution is 2.52. The molecule has 0 radical (unpaired) electrons. The second kappa shape index (κ2) is 11.3. The first kappa shape index (κ1) is 29.1. The molecule has 0 aliphatic carbocycles. The molecular formula is C23H38N4O6SSi. The quantitative estimate of drug-likeness (QED) is 0.169. The van der Waals surface area contributed by atoms with Crippen LogP contribution in [0.5, 0.6) is 0 Å². The minimum absolute atomic E-state index is 0.00256. The number of nitrogens with two attached hydrogens (primary N) is 1. The summed E-state index contributed by atoms with van der Waals surface area (Å²) in [6, 6.07) is 0. The second-order valence-electron chi connectivity index (χ2n) is 10.4. The van der Waals surface area contributed by atoms with Gasteiger partial charge in [-0.15, -0.1) is 11.8 Å². The Kier molecular flexibility index (Phi) is 9.37. The zero-order valence-electron chi connectivity index (χ0n) is 21.7. The number of hydrogen-bond acceptors (Lipinski definition) is 8. The first-order valence-electron chi connectivity index (χ1n) is 11.5. The van der Waals surface area contributed by atoms with Crippen molar-refractivity contribution in [2.24, 2.45) is 11.7 Å². The van der Waals surface area contributed by atoms with Crippen molar-refractivity contribution in [1.29, 1.82) is 0 Å². The lowest BCUT2D eigenvalue weighted by Crippen LogP contribution is -2.62. The van der Waals surface area contributed by atoms with Gasteiger partial charge in [-0.1, -0.05) is 33.4 Å². The molecule has 1 saturated heterocycles. The van der Waals surface area contributed by atoms with E-state index in [-0.39, 0.29) is 60.3 Å². The number of β-lactam (4-membered cyclic amide) rings is 1. The fourth-order valence-corrected chi connectivity index (χ4v) is 6.76. The van der Waals surface area contributed by atoms with Crippen LogP contribution >= 0.6 is 11.8 Å². The van der Waals surface area contributed by atoms with Gasteiger partial charge in [0.15, 0.2) is 8.32 Å². The molecule has 10 nitrogen and oxygen atoms in total. The van der Waals surface area contributed by atoms with Crippen LogP contribution in [-0.4, -0.2) is 86.6 Å². The molecule has 35 heavy (non-hydrogen) atoms. The molecule has 1 fully saturated rings. The second-order valence-corrected chi connectivity index (χ2v) is 16.4. The van der Waals surface area contributed by atoms with Crippen LogP contribution in [0.15, 0.2) is 23.3 Å². The smallest absolute Gasteiger partial charge is 0.356 e. The van der Waals surface area contributed by atoms with Crippen LogP contribution < -0.4 is 11.1 Å². The number of primary amides is 1. The molecule has 3 amide bonds. The lowest BCUT2D eigenvalue weighted by Gasteiger charge is -2.48. The molecule has 196 valence electrons. The van der Waals surface area contributed by atoms with Crippen molar-refractivity contribution in [1.82, 2.24) is 15.1 Å². The number of carbonyl (C=O) groups is 4. The van der Waals surface area contributed by atoms with Crippen molar-refractivity contribution in [3.8, 4) is 0 Å². The summed E-state index contributed by atoms with van der Waals surface area (Å²) in [6.07, 6.45) is 1.15. The number of thioether (sulfide) groups is 1. The summed E-state index contributed by atoms with van der Waals surface area (Å²) in [5.41, 5.74) is 5.26. The SMILES string of the molecule is C=CCOC(=O)C1=C(CN(C)CC(=O)NCC(N)=O)S[C@@H]2[C@@H]([C@@H](C)O[Si](C)(C)C(C)(C)C)C(=O)N12. The Hall–Kier alpha value is -2.15. The van der Waals surface area contributed by atoms with Crippen molar-refractivity contribution in [2.75, 3.05) is 33.3 Å². The van der Waals surface area contributed by atoms with E-state index in [4.69, 9.17) is 14.9 Å². The van der Waals surface area contributed by atoms with Crippen molar-refractivity contribution >= 4 is 43.8 Å². The summed E-state index contributed by atoms with van der Waals surface area (Å²) in [5, 5.41) is 2.15. The molecule has 2 aliphatic rings. The largest absolute Gasteiger partial charge is 0.457 e. The molecule has 12 heteroatoms. The number of ether oxygens (including phenoxy) is 1. The fraction of sp³-hybridized carbons (Fsp3) is 0.652. The molecule has 2 rings (SSSR count). The Morgan fingerprint density at radius 3 is 2.51 bits per heavy atom. The van der Waals surface area contributed by atoms with Crippen molar-refractivity contribution in [3.63, 3.8) is 0 Å². The number of rotatable bonds is 12. The summed E-state index contributed by atoms with van der Waals surface area (Å²) >= 11 is 1.42. The summed E-state index contributed by atoms with van der Waals surface area (Å²) in [4.78, 5) is 52.9. The van der Waals surface area contributed by atoms with Gasteiger partial charge in [0.05, 0.1) is 25.1 Å². The highest BCUT2D eigenvalue weighted by Gasteiger charge is 2.59. The van der Waals surface area contributed by atoms with Gasteiger partial charge in [-0.2, -0.15) is 0 Å². The van der Waals surface area contributed by atoms with Gasteiger partial charge in [0.25, 0.3) is 0 Å². The average Bonchev–Trinajstić information content (AvgIpc) is 3.02. The molecule has 3 N–H and O–H groups in total. The molecule has 0 bridgehead atoms. The summed E-state index contributed by atoms with van der Waals surface area (Å²) < 4.78 is 11.7. The third kappa shape index (κ3) is 6.75. The highest BCUT2D eigenvalue weighted by molar-refractivity contribution is 8.04. The number of carbonyl (C=O) groups excluding carboxylic acids is 4. The molecule has 0 saturated carbocycles. The standard InChI is InChI=1S/C23H38N4O6SSi/c1-9-10-32-22(31)19-15(12-26(6)13-17(29)25-11-16(24)28)34-21-18(20(30)27(19)21)14(2)33-35(7,8)23(3,4)5/h9,14,18,21H,1,10-13H2,2-8H3,(H2,24,28)(H,25,29)/t14-,18+,21-/m1/s1. The molecule has 0 aromatic heterocycles. The van der Waals surface area contributed by atoms with E-state index in [1.54, 1.807) is 11.9 Å². The number of esters is 1. The third-order valence-electron chi connectivity index (χ3n) is 6.46. The first-order valence-corrected chi connectivity index (χ1v) is 15.3. The van der Waals surface area contributed by atoms with Gasteiger partial charge < -0.3 is 20.2 Å². The molecular weight excluding hydrogens is 488 g/mol. The van der Waals surface area contributed by atoms with E-state index in [9.17, 15) is 19.2 Å². The Labute approximate surface area is 212 Å². The maximum absolute atomic E-state index is 13.2. The van der Waals surface area contributed by atoms with Gasteiger partial charge in [-0.3, -0.25) is 24.2 Å². The number of fused-ring (bicyclic) bond motifs is 1. The average molecular weight is 527 g/mol. The van der Waals surface area contributed by atoms with E-state index in [0.717, 1.165) is 0 Å². The predicted molar refractivity (Wildman–Crippen MR) is 137 cm³/mol. The van der Waals surface area contributed by atoms with E-state index in [2.05, 4.69) is 45.8 Å². The minimum atomic E-state index is -2.10. The third-order valence-corrected chi connectivity index (χ3v) is 12.4. The van der Waals surface area contributed by atoms with Gasteiger partial charge in [0.1, 0.15) is 17.7 Å². The molecule has 3 atom stereocenters. The van der Waals surface area contributed by atoms with E-state index in [0.29, 0.717) is 4.91 Å². The lowest BCUT2D eigenvalue weighted by molar-refractivity contribution is -0.157. The molecule has 0 spiro atoms. The molecule has 2 heterocycles. The monoisotopic (exact) mass is 526 g/mol. The Bertz CT molecular complexity index is 916. The zero-order valence-corrected chi connectivity index (χ0v) is 23.5. The number of hydrogen-bond donors (Lipinski definition) is 2. The van der Waals surface area contributed by atoms with Gasteiger partial charge in [-0.25, -0.2) is 4.79 Å². The first-order chi connectivity index (χ1) is 16.1. The predicted octanol–water partition coefficient (Wildman–Crippen LogP) is 1.40.